The molecule has 2 aromatic rings. The number of benzene rings is 2. The lowest BCUT2D eigenvalue weighted by atomic mass is 9.98. The third-order valence-corrected chi connectivity index (χ3v) is 6.40. The summed E-state index contributed by atoms with van der Waals surface area (Å²) in [5.41, 5.74) is 1.24. The lowest BCUT2D eigenvalue weighted by Crippen LogP contribution is -2.42. The fourth-order valence-corrected chi connectivity index (χ4v) is 4.49. The van der Waals surface area contributed by atoms with Crippen molar-refractivity contribution in [2.45, 2.75) is 0 Å². The number of hydrogen-bond acceptors (Lipinski definition) is 5. The Kier molecular flexibility index (Phi) is 7.67. The molecule has 180 valence electrons. The number of nitrogens with one attached hydrogen (secondary N) is 2. The molecule has 3 amide bonds. The van der Waals surface area contributed by atoms with Gasteiger partial charge < -0.3 is 20.3 Å². The standard InChI is InChI=1S/C23H24Cl2FN5O3/c1-30-17-12-15(24)22(29-23(33)27-6-7-31-8-10-34-11-9-31)20(25)19(17)21(28-13-18(30)32)14-4-2-3-5-16(14)26/h2-5,12H,6-11,13H2,1H3,(H2,27,29,33). The molecule has 11 heteroatoms. The summed E-state index contributed by atoms with van der Waals surface area (Å²) in [7, 11) is 1.57. The van der Waals surface area contributed by atoms with Gasteiger partial charge in [0, 0.05) is 44.4 Å². The van der Waals surface area contributed by atoms with Gasteiger partial charge in [-0.15, -0.1) is 0 Å². The number of urea groups is 1. The third kappa shape index (κ3) is 5.17. The number of rotatable bonds is 5. The lowest BCUT2D eigenvalue weighted by molar-refractivity contribution is -0.116. The first-order valence-corrected chi connectivity index (χ1v) is 11.6. The molecule has 1 saturated heterocycles. The van der Waals surface area contributed by atoms with Crippen molar-refractivity contribution in [2.24, 2.45) is 4.99 Å². The fraction of sp³-hybridized carbons (Fsp3) is 0.348. The normalized spacial score (nSPS) is 16.5. The Bertz CT molecular complexity index is 1140. The Morgan fingerprint density at radius 2 is 1.97 bits per heavy atom. The molecule has 0 radical (unpaired) electrons. The van der Waals surface area contributed by atoms with Crippen LogP contribution in [0.2, 0.25) is 10.0 Å². The van der Waals surface area contributed by atoms with Gasteiger partial charge in [-0.25, -0.2) is 9.18 Å². The summed E-state index contributed by atoms with van der Waals surface area (Å²) in [6.45, 7) is 3.90. The molecule has 2 aromatic carbocycles. The molecule has 4 rings (SSSR count). The van der Waals surface area contributed by atoms with Gasteiger partial charge in [0.15, 0.2) is 0 Å². The number of likely N-dealkylation sites (N-methyl/N-ethyl adjacent to an activating group) is 1. The highest BCUT2D eigenvalue weighted by atomic mass is 35.5. The van der Waals surface area contributed by atoms with Crippen molar-refractivity contribution in [3.05, 3.63) is 57.3 Å². The van der Waals surface area contributed by atoms with Crippen LogP contribution >= 0.6 is 23.2 Å². The van der Waals surface area contributed by atoms with Gasteiger partial charge in [0.2, 0.25) is 5.91 Å². The summed E-state index contributed by atoms with van der Waals surface area (Å²) in [6.07, 6.45) is 0. The van der Waals surface area contributed by atoms with Crippen molar-refractivity contribution in [1.82, 2.24) is 10.2 Å². The Morgan fingerprint density at radius 3 is 2.71 bits per heavy atom. The van der Waals surface area contributed by atoms with Gasteiger partial charge in [0.1, 0.15) is 12.4 Å². The van der Waals surface area contributed by atoms with E-state index in [1.807, 2.05) is 0 Å². The SMILES string of the molecule is CN1C(=O)CN=C(c2ccccc2F)c2c1cc(Cl)c(NC(=O)NCCN1CCOCC1)c2Cl. The van der Waals surface area contributed by atoms with Crippen LogP contribution in [-0.4, -0.2) is 75.5 Å². The van der Waals surface area contributed by atoms with Crippen LogP contribution in [0.4, 0.5) is 20.6 Å². The van der Waals surface area contributed by atoms with Crippen molar-refractivity contribution in [3.63, 3.8) is 0 Å². The molecule has 8 nitrogen and oxygen atoms in total. The molecule has 2 aliphatic heterocycles. The Morgan fingerprint density at radius 1 is 1.24 bits per heavy atom. The van der Waals surface area contributed by atoms with Crippen LogP contribution in [0.1, 0.15) is 11.1 Å². The highest BCUT2D eigenvalue weighted by molar-refractivity contribution is 6.44. The molecular weight excluding hydrogens is 484 g/mol. The van der Waals surface area contributed by atoms with E-state index in [1.54, 1.807) is 25.2 Å². The molecular formula is C23H24Cl2FN5O3. The first-order chi connectivity index (χ1) is 16.4. The quantitative estimate of drug-likeness (QED) is 0.649. The van der Waals surface area contributed by atoms with Gasteiger partial charge >= 0.3 is 6.03 Å². The third-order valence-electron chi connectivity index (χ3n) is 5.73. The summed E-state index contributed by atoms with van der Waals surface area (Å²) >= 11 is 13.2. The smallest absolute Gasteiger partial charge is 0.319 e. The Balaban J connectivity index is 1.62. The van der Waals surface area contributed by atoms with Crippen molar-refractivity contribution in [1.29, 1.82) is 0 Å². The van der Waals surface area contributed by atoms with Gasteiger partial charge in [-0.3, -0.25) is 14.7 Å². The predicted molar refractivity (Wildman–Crippen MR) is 131 cm³/mol. The first-order valence-electron chi connectivity index (χ1n) is 10.8. The van der Waals surface area contributed by atoms with E-state index in [1.165, 1.54) is 17.0 Å². The summed E-state index contributed by atoms with van der Waals surface area (Å²) in [4.78, 5) is 33.0. The number of hydrogen-bond donors (Lipinski definition) is 2. The van der Waals surface area contributed by atoms with E-state index in [-0.39, 0.29) is 39.5 Å². The molecule has 0 aromatic heterocycles. The average molecular weight is 508 g/mol. The molecule has 2 aliphatic rings. The van der Waals surface area contributed by atoms with E-state index >= 15 is 0 Å². The second-order valence-corrected chi connectivity index (χ2v) is 8.66. The highest BCUT2D eigenvalue weighted by Crippen LogP contribution is 2.42. The van der Waals surface area contributed by atoms with Crippen molar-refractivity contribution in [2.75, 3.05) is 63.2 Å². The number of morpholine rings is 1. The number of amides is 3. The number of anilines is 2. The van der Waals surface area contributed by atoms with E-state index in [4.69, 9.17) is 27.9 Å². The largest absolute Gasteiger partial charge is 0.379 e. The minimum atomic E-state index is -0.509. The van der Waals surface area contributed by atoms with Gasteiger partial charge in [-0.1, -0.05) is 35.3 Å². The average Bonchev–Trinajstić information content (AvgIpc) is 2.95. The predicted octanol–water partition coefficient (Wildman–Crippen LogP) is 3.40. The van der Waals surface area contributed by atoms with Gasteiger partial charge in [0.05, 0.1) is 40.3 Å². The fourth-order valence-electron chi connectivity index (χ4n) is 3.86. The molecule has 0 saturated carbocycles. The molecule has 2 N–H and O–H groups in total. The molecule has 0 aliphatic carbocycles. The zero-order valence-electron chi connectivity index (χ0n) is 18.5. The van der Waals surface area contributed by atoms with Crippen LogP contribution in [0.15, 0.2) is 35.3 Å². The number of aliphatic imine (C=N–C) groups is 1. The Labute approximate surface area is 206 Å². The molecule has 2 heterocycles. The van der Waals surface area contributed by atoms with Crippen molar-refractivity contribution >= 4 is 52.2 Å². The van der Waals surface area contributed by atoms with Crippen LogP contribution in [-0.2, 0) is 9.53 Å². The molecule has 0 unspecified atom stereocenters. The summed E-state index contributed by atoms with van der Waals surface area (Å²) in [5, 5.41) is 5.68. The van der Waals surface area contributed by atoms with Gasteiger partial charge in [0.25, 0.3) is 0 Å². The van der Waals surface area contributed by atoms with E-state index in [2.05, 4.69) is 20.5 Å². The second kappa shape index (κ2) is 10.7. The first kappa shape index (κ1) is 24.4. The maximum absolute atomic E-state index is 14.7. The van der Waals surface area contributed by atoms with Gasteiger partial charge in [-0.2, -0.15) is 0 Å². The Hall–Kier alpha value is -2.72. The highest BCUT2D eigenvalue weighted by Gasteiger charge is 2.29. The zero-order chi connectivity index (χ0) is 24.2. The maximum atomic E-state index is 14.7. The molecule has 34 heavy (non-hydrogen) atoms. The molecule has 0 atom stereocenters. The summed E-state index contributed by atoms with van der Waals surface area (Å²) < 4.78 is 20.0. The number of benzodiazepines with no additional fused rings is 1. The minimum Gasteiger partial charge on any atom is -0.379 e. The molecule has 0 spiro atoms. The van der Waals surface area contributed by atoms with Crippen LogP contribution in [0.25, 0.3) is 0 Å². The van der Waals surface area contributed by atoms with Gasteiger partial charge in [-0.05, 0) is 18.2 Å². The second-order valence-electron chi connectivity index (χ2n) is 7.87. The number of carbonyl (C=O) groups is 2. The number of ether oxygens (including phenoxy) is 1. The van der Waals surface area contributed by atoms with Crippen molar-refractivity contribution in [3.8, 4) is 0 Å². The lowest BCUT2D eigenvalue weighted by Gasteiger charge is -2.26. The van der Waals surface area contributed by atoms with Crippen LogP contribution in [0.5, 0.6) is 0 Å². The van der Waals surface area contributed by atoms with E-state index in [0.717, 1.165) is 13.1 Å². The number of halogens is 3. The minimum absolute atomic E-state index is 0.0642. The van der Waals surface area contributed by atoms with E-state index in [0.29, 0.717) is 37.6 Å². The van der Waals surface area contributed by atoms with Crippen LogP contribution in [0.3, 0.4) is 0 Å². The van der Waals surface area contributed by atoms with Crippen LogP contribution in [0, 0.1) is 5.82 Å². The maximum Gasteiger partial charge on any atom is 0.319 e. The topological polar surface area (TPSA) is 86.3 Å². The number of fused-ring (bicyclic) bond motifs is 1. The van der Waals surface area contributed by atoms with Crippen LogP contribution < -0.4 is 15.5 Å². The monoisotopic (exact) mass is 507 g/mol. The zero-order valence-corrected chi connectivity index (χ0v) is 20.0. The summed E-state index contributed by atoms with van der Waals surface area (Å²) in [6, 6.07) is 7.13. The molecule has 1 fully saturated rings. The summed E-state index contributed by atoms with van der Waals surface area (Å²) in [5.74, 6) is -0.813. The molecule has 0 bridgehead atoms. The van der Waals surface area contributed by atoms with E-state index in [9.17, 15) is 14.0 Å². The number of nitrogens with zero attached hydrogens (tertiary/aromatic N) is 3. The number of carbonyl (C=O) groups excluding carboxylic acids is 2. The van der Waals surface area contributed by atoms with Crippen molar-refractivity contribution < 1.29 is 18.7 Å². The van der Waals surface area contributed by atoms with E-state index < -0.39 is 11.8 Å².